The van der Waals surface area contributed by atoms with E-state index in [1.165, 1.54) is 4.90 Å². The van der Waals surface area contributed by atoms with Gasteiger partial charge in [-0.05, 0) is 51.2 Å². The summed E-state index contributed by atoms with van der Waals surface area (Å²) in [5, 5.41) is 13.5. The van der Waals surface area contributed by atoms with Gasteiger partial charge in [0.2, 0.25) is 11.8 Å². The lowest BCUT2D eigenvalue weighted by molar-refractivity contribution is -0.160. The number of para-hydroxylation sites is 1. The summed E-state index contributed by atoms with van der Waals surface area (Å²) in [4.78, 5) is 42.3. The molecule has 2 unspecified atom stereocenters. The van der Waals surface area contributed by atoms with Gasteiger partial charge >= 0.3 is 5.97 Å². The zero-order valence-corrected chi connectivity index (χ0v) is 21.0. The van der Waals surface area contributed by atoms with E-state index in [0.717, 1.165) is 5.56 Å². The number of anilines is 1. The Kier molecular flexibility index (Phi) is 6.46. The number of esters is 1. The number of carbonyl (C=O) groups excluding carboxylic acids is 3. The molecule has 3 aliphatic heterocycles. The average Bonchev–Trinajstić information content (AvgIpc) is 3.32. The lowest BCUT2D eigenvalue weighted by Gasteiger charge is -2.38. The molecule has 0 aliphatic carbocycles. The van der Waals surface area contributed by atoms with Gasteiger partial charge in [-0.25, -0.2) is 0 Å². The molecule has 3 fully saturated rings. The van der Waals surface area contributed by atoms with Crippen LogP contribution >= 0.6 is 11.6 Å². The standard InChI is InChI=1S/C25H33ClN2O6/c1-6-33-23(32)18-17-22(31)28(16(12-29)13(2)3)20(25(17)11-10-24(18,5)34-25)21(30)27-19-14(4)8-7-9-15(19)26/h7-9,13,16-18,20,29H,6,10-12H2,1-5H3,(H,27,30)/t16-,17-,18+,20?,24-,25?/m0/s1. The molecule has 8 nitrogen and oxygen atoms in total. The van der Waals surface area contributed by atoms with Crippen LogP contribution in [0.15, 0.2) is 18.2 Å². The molecule has 0 saturated carbocycles. The van der Waals surface area contributed by atoms with Gasteiger partial charge in [-0.1, -0.05) is 37.6 Å². The number of aliphatic hydroxyl groups is 1. The van der Waals surface area contributed by atoms with Crippen LogP contribution in [0.4, 0.5) is 5.69 Å². The van der Waals surface area contributed by atoms with Crippen molar-refractivity contribution in [3.63, 3.8) is 0 Å². The summed E-state index contributed by atoms with van der Waals surface area (Å²) in [5.41, 5.74) is -0.844. The maximum atomic E-state index is 14.0. The molecule has 0 radical (unpaired) electrons. The Morgan fingerprint density at radius 2 is 2.06 bits per heavy atom. The first kappa shape index (κ1) is 24.9. The van der Waals surface area contributed by atoms with Crippen LogP contribution in [0.3, 0.4) is 0 Å². The molecule has 9 heteroatoms. The first-order valence-corrected chi connectivity index (χ1v) is 12.3. The number of nitrogens with one attached hydrogen (secondary N) is 1. The van der Waals surface area contributed by atoms with Crippen LogP contribution < -0.4 is 5.32 Å². The Hall–Kier alpha value is -2.16. The normalized spacial score (nSPS) is 32.8. The predicted molar refractivity (Wildman–Crippen MR) is 126 cm³/mol. The Balaban J connectivity index is 1.81. The first-order valence-electron chi connectivity index (χ1n) is 11.9. The fraction of sp³-hybridized carbons (Fsp3) is 0.640. The molecule has 3 saturated heterocycles. The van der Waals surface area contributed by atoms with E-state index in [-0.39, 0.29) is 25.0 Å². The summed E-state index contributed by atoms with van der Waals surface area (Å²) >= 11 is 6.37. The fourth-order valence-corrected chi connectivity index (χ4v) is 6.48. The van der Waals surface area contributed by atoms with Crippen LogP contribution in [0.1, 0.15) is 46.1 Å². The van der Waals surface area contributed by atoms with Gasteiger partial charge in [0.15, 0.2) is 0 Å². The predicted octanol–water partition coefficient (Wildman–Crippen LogP) is 2.93. The number of hydrogen-bond donors (Lipinski definition) is 2. The van der Waals surface area contributed by atoms with Crippen LogP contribution in [-0.4, -0.2) is 64.3 Å². The van der Waals surface area contributed by atoms with E-state index in [4.69, 9.17) is 21.1 Å². The molecule has 1 spiro atoms. The number of amides is 2. The molecule has 4 rings (SSSR count). The molecular weight excluding hydrogens is 460 g/mol. The number of benzene rings is 1. The number of halogens is 1. The number of carbonyl (C=O) groups is 3. The quantitative estimate of drug-likeness (QED) is 0.567. The third-order valence-electron chi connectivity index (χ3n) is 7.79. The lowest BCUT2D eigenvalue weighted by atomic mass is 9.66. The molecule has 3 aliphatic rings. The molecule has 3 heterocycles. The van der Waals surface area contributed by atoms with Crippen molar-refractivity contribution in [2.45, 2.75) is 70.7 Å². The minimum Gasteiger partial charge on any atom is -0.466 e. The number of ether oxygens (including phenoxy) is 2. The smallest absolute Gasteiger partial charge is 0.312 e. The Labute approximate surface area is 204 Å². The van der Waals surface area contributed by atoms with Crippen LogP contribution in [0.2, 0.25) is 5.02 Å². The largest absolute Gasteiger partial charge is 0.466 e. The second-order valence-electron chi connectivity index (χ2n) is 10.1. The summed E-state index contributed by atoms with van der Waals surface area (Å²) < 4.78 is 11.9. The summed E-state index contributed by atoms with van der Waals surface area (Å²) in [6.45, 7) is 9.01. The minimum absolute atomic E-state index is 0.129. The van der Waals surface area contributed by atoms with Gasteiger partial charge in [0, 0.05) is 0 Å². The van der Waals surface area contributed by atoms with Gasteiger partial charge in [0.25, 0.3) is 0 Å². The van der Waals surface area contributed by atoms with Crippen molar-refractivity contribution in [1.29, 1.82) is 0 Å². The van der Waals surface area contributed by atoms with Gasteiger partial charge in [0.1, 0.15) is 17.6 Å². The fourth-order valence-electron chi connectivity index (χ4n) is 6.21. The van der Waals surface area contributed by atoms with Crippen LogP contribution in [0.25, 0.3) is 0 Å². The second kappa shape index (κ2) is 8.81. The van der Waals surface area contributed by atoms with E-state index < -0.39 is 47.0 Å². The number of rotatable bonds is 7. The number of hydrogen-bond acceptors (Lipinski definition) is 6. The topological polar surface area (TPSA) is 105 Å². The van der Waals surface area contributed by atoms with Crippen LogP contribution in [0, 0.1) is 24.7 Å². The number of likely N-dealkylation sites (tertiary alicyclic amines) is 1. The van der Waals surface area contributed by atoms with Gasteiger partial charge in [0.05, 0.1) is 41.5 Å². The molecular formula is C25H33ClN2O6. The SMILES string of the molecule is CCOC(=O)[C@H]1[C@H]2C(=O)N([C@@H](CO)C(C)C)C(C(=O)Nc3c(C)cccc3Cl)C23CC[C@]1(C)O3. The van der Waals surface area contributed by atoms with Crippen molar-refractivity contribution in [3.05, 3.63) is 28.8 Å². The molecule has 1 aromatic rings. The van der Waals surface area contributed by atoms with Gasteiger partial charge in [-0.2, -0.15) is 0 Å². The van der Waals surface area contributed by atoms with E-state index in [0.29, 0.717) is 23.6 Å². The van der Waals surface area contributed by atoms with Crippen molar-refractivity contribution in [2.75, 3.05) is 18.5 Å². The van der Waals surface area contributed by atoms with E-state index >= 15 is 0 Å². The number of aliphatic hydroxyl groups excluding tert-OH is 1. The van der Waals surface area contributed by atoms with E-state index in [2.05, 4.69) is 5.32 Å². The molecule has 34 heavy (non-hydrogen) atoms. The van der Waals surface area contributed by atoms with E-state index in [1.807, 2.05) is 33.8 Å². The first-order chi connectivity index (χ1) is 16.0. The second-order valence-corrected chi connectivity index (χ2v) is 10.5. The lowest BCUT2D eigenvalue weighted by Crippen LogP contribution is -2.57. The average molecular weight is 493 g/mol. The molecule has 2 bridgehead atoms. The maximum absolute atomic E-state index is 14.0. The number of aryl methyl sites for hydroxylation is 1. The summed E-state index contributed by atoms with van der Waals surface area (Å²) in [7, 11) is 0. The molecule has 6 atom stereocenters. The van der Waals surface area contributed by atoms with E-state index in [1.54, 1.807) is 19.1 Å². The van der Waals surface area contributed by atoms with Crippen molar-refractivity contribution in [2.24, 2.45) is 17.8 Å². The molecule has 2 N–H and O–H groups in total. The summed E-state index contributed by atoms with van der Waals surface area (Å²) in [6.07, 6.45) is 0.969. The molecule has 0 aromatic heterocycles. The van der Waals surface area contributed by atoms with Gasteiger partial charge in [-0.15, -0.1) is 0 Å². The monoisotopic (exact) mass is 492 g/mol. The van der Waals surface area contributed by atoms with Gasteiger partial charge < -0.3 is 24.8 Å². The maximum Gasteiger partial charge on any atom is 0.312 e. The van der Waals surface area contributed by atoms with Crippen molar-refractivity contribution < 1.29 is 29.0 Å². The summed E-state index contributed by atoms with van der Waals surface area (Å²) in [6, 6.07) is 3.67. The van der Waals surface area contributed by atoms with Crippen molar-refractivity contribution in [1.82, 2.24) is 4.90 Å². The van der Waals surface area contributed by atoms with E-state index in [9.17, 15) is 19.5 Å². The zero-order valence-electron chi connectivity index (χ0n) is 20.3. The van der Waals surface area contributed by atoms with Gasteiger partial charge in [-0.3, -0.25) is 14.4 Å². The minimum atomic E-state index is -1.19. The highest BCUT2D eigenvalue weighted by molar-refractivity contribution is 6.34. The third-order valence-corrected chi connectivity index (χ3v) is 8.10. The molecule has 186 valence electrons. The highest BCUT2D eigenvalue weighted by Crippen LogP contribution is 2.63. The summed E-state index contributed by atoms with van der Waals surface area (Å²) in [5.74, 6) is -3.10. The Bertz CT molecular complexity index is 995. The zero-order chi connectivity index (χ0) is 25.0. The molecule has 2 amide bonds. The third kappa shape index (κ3) is 3.53. The molecule has 1 aromatic carbocycles. The van der Waals surface area contributed by atoms with Crippen LogP contribution in [0.5, 0.6) is 0 Å². The van der Waals surface area contributed by atoms with Crippen LogP contribution in [-0.2, 0) is 23.9 Å². The highest BCUT2D eigenvalue weighted by atomic mass is 35.5. The Morgan fingerprint density at radius 1 is 1.35 bits per heavy atom. The number of fused-ring (bicyclic) bond motifs is 1. The highest BCUT2D eigenvalue weighted by Gasteiger charge is 2.78. The van der Waals surface area contributed by atoms with Crippen molar-refractivity contribution in [3.8, 4) is 0 Å². The number of nitrogens with zero attached hydrogens (tertiary/aromatic N) is 1. The van der Waals surface area contributed by atoms with Crippen molar-refractivity contribution >= 4 is 35.1 Å². The Morgan fingerprint density at radius 3 is 2.65 bits per heavy atom.